The van der Waals surface area contributed by atoms with Crippen molar-refractivity contribution < 1.29 is 4.39 Å². The van der Waals surface area contributed by atoms with Crippen molar-refractivity contribution >= 4 is 38.6 Å². The van der Waals surface area contributed by atoms with Gasteiger partial charge in [-0.05, 0) is 36.1 Å². The zero-order chi connectivity index (χ0) is 13.3. The fourth-order valence-electron chi connectivity index (χ4n) is 1.82. The number of fused-ring (bicyclic) bond motifs is 1. The Morgan fingerprint density at radius 3 is 2.78 bits per heavy atom. The van der Waals surface area contributed by atoms with Crippen LogP contribution in [0.5, 0.6) is 0 Å². The molecule has 0 atom stereocenters. The molecule has 0 radical (unpaired) electrons. The van der Waals surface area contributed by atoms with Crippen LogP contribution in [-0.4, -0.2) is 35.1 Å². The number of rotatable bonds is 4. The molecule has 18 heavy (non-hydrogen) atoms. The summed E-state index contributed by atoms with van der Waals surface area (Å²) < 4.78 is 16.0. The first-order valence-electron chi connectivity index (χ1n) is 5.57. The van der Waals surface area contributed by atoms with Crippen LogP contribution in [-0.2, 0) is 12.4 Å². The Morgan fingerprint density at radius 1 is 1.44 bits per heavy atom. The van der Waals surface area contributed by atoms with Crippen molar-refractivity contribution in [3.05, 3.63) is 28.2 Å². The van der Waals surface area contributed by atoms with Gasteiger partial charge in [0.2, 0.25) is 0 Å². The van der Waals surface area contributed by atoms with E-state index in [0.29, 0.717) is 15.9 Å². The van der Waals surface area contributed by atoms with Crippen molar-refractivity contribution in [1.82, 2.24) is 14.5 Å². The van der Waals surface area contributed by atoms with Crippen LogP contribution in [0.25, 0.3) is 11.0 Å². The molecule has 2 aromatic rings. The molecule has 3 nitrogen and oxygen atoms in total. The van der Waals surface area contributed by atoms with Gasteiger partial charge in [-0.25, -0.2) is 9.37 Å². The van der Waals surface area contributed by atoms with Gasteiger partial charge in [0.25, 0.3) is 0 Å². The Kier molecular flexibility index (Phi) is 4.25. The highest BCUT2D eigenvalue weighted by atomic mass is 79.9. The lowest BCUT2D eigenvalue weighted by molar-refractivity contribution is 0.384. The van der Waals surface area contributed by atoms with Crippen LogP contribution in [0.3, 0.4) is 0 Å². The maximum absolute atomic E-state index is 13.5. The second kappa shape index (κ2) is 5.55. The number of imidazole rings is 1. The molecule has 6 heteroatoms. The van der Waals surface area contributed by atoms with Gasteiger partial charge in [0.05, 0.1) is 21.4 Å². The summed E-state index contributed by atoms with van der Waals surface area (Å²) in [7, 11) is 4.02. The van der Waals surface area contributed by atoms with E-state index in [1.165, 1.54) is 6.07 Å². The molecule has 2 rings (SSSR count). The van der Waals surface area contributed by atoms with Crippen LogP contribution in [0.15, 0.2) is 16.6 Å². The molecule has 0 unspecified atom stereocenters. The van der Waals surface area contributed by atoms with Crippen molar-refractivity contribution in [1.29, 1.82) is 0 Å². The molecule has 0 aliphatic carbocycles. The van der Waals surface area contributed by atoms with Crippen LogP contribution in [0, 0.1) is 5.82 Å². The van der Waals surface area contributed by atoms with Gasteiger partial charge in [0.15, 0.2) is 0 Å². The van der Waals surface area contributed by atoms with E-state index in [1.807, 2.05) is 18.7 Å². The zero-order valence-electron chi connectivity index (χ0n) is 10.3. The van der Waals surface area contributed by atoms with Gasteiger partial charge in [-0.2, -0.15) is 0 Å². The molecular formula is C12H14BrClFN3. The number of halogens is 3. The molecule has 1 aromatic carbocycles. The van der Waals surface area contributed by atoms with E-state index in [2.05, 4.69) is 25.8 Å². The van der Waals surface area contributed by atoms with Crippen LogP contribution in [0.2, 0.25) is 0 Å². The highest BCUT2D eigenvalue weighted by molar-refractivity contribution is 9.10. The largest absolute Gasteiger partial charge is 0.326 e. The molecule has 1 aromatic heterocycles. The number of benzene rings is 1. The smallest absolute Gasteiger partial charge is 0.139 e. The van der Waals surface area contributed by atoms with Gasteiger partial charge in [-0.3, -0.25) is 0 Å². The average Bonchev–Trinajstić information content (AvgIpc) is 2.64. The third-order valence-electron chi connectivity index (χ3n) is 2.76. The minimum Gasteiger partial charge on any atom is -0.326 e. The fraction of sp³-hybridized carbons (Fsp3) is 0.417. The topological polar surface area (TPSA) is 21.1 Å². The number of hydrogen-bond donors (Lipinski definition) is 0. The molecule has 0 bridgehead atoms. The Morgan fingerprint density at radius 2 is 2.17 bits per heavy atom. The minimum absolute atomic E-state index is 0.305. The first-order chi connectivity index (χ1) is 8.52. The van der Waals surface area contributed by atoms with E-state index in [-0.39, 0.29) is 5.82 Å². The lowest BCUT2D eigenvalue weighted by Crippen LogP contribution is -2.19. The van der Waals surface area contributed by atoms with Crippen LogP contribution in [0.1, 0.15) is 5.82 Å². The predicted octanol–water partition coefficient (Wildman–Crippen LogP) is 3.24. The second-order valence-electron chi connectivity index (χ2n) is 4.37. The highest BCUT2D eigenvalue weighted by Gasteiger charge is 2.12. The summed E-state index contributed by atoms with van der Waals surface area (Å²) in [5.41, 5.74) is 1.55. The van der Waals surface area contributed by atoms with Crippen molar-refractivity contribution in [2.24, 2.45) is 0 Å². The van der Waals surface area contributed by atoms with Gasteiger partial charge in [0.1, 0.15) is 11.6 Å². The first kappa shape index (κ1) is 13.8. The Balaban J connectivity index is 2.50. The molecule has 0 N–H and O–H groups in total. The van der Waals surface area contributed by atoms with E-state index in [4.69, 9.17) is 11.6 Å². The highest BCUT2D eigenvalue weighted by Crippen LogP contribution is 2.24. The molecule has 0 aliphatic heterocycles. The minimum atomic E-state index is -0.305. The molecule has 0 saturated heterocycles. The molecule has 1 heterocycles. The van der Waals surface area contributed by atoms with Gasteiger partial charge in [-0.1, -0.05) is 0 Å². The lowest BCUT2D eigenvalue weighted by Gasteiger charge is -2.12. The van der Waals surface area contributed by atoms with Crippen molar-refractivity contribution in [3.8, 4) is 0 Å². The standard InChI is InChI=1S/C12H14BrClFN3/c1-17(2)3-4-18-11-5-8(13)9(15)6-10(11)16-12(18)7-14/h5-6H,3-4,7H2,1-2H3. The molecule has 0 aliphatic rings. The zero-order valence-corrected chi connectivity index (χ0v) is 12.6. The molecule has 98 valence electrons. The van der Waals surface area contributed by atoms with Gasteiger partial charge < -0.3 is 9.47 Å². The van der Waals surface area contributed by atoms with Gasteiger partial charge >= 0.3 is 0 Å². The Hall–Kier alpha value is -0.650. The number of nitrogens with zero attached hydrogens (tertiary/aromatic N) is 3. The lowest BCUT2D eigenvalue weighted by atomic mass is 10.3. The first-order valence-corrected chi connectivity index (χ1v) is 6.90. The Bertz CT molecular complexity index is 568. The van der Waals surface area contributed by atoms with Crippen molar-refractivity contribution in [3.63, 3.8) is 0 Å². The molecule has 0 saturated carbocycles. The third kappa shape index (κ3) is 2.68. The van der Waals surface area contributed by atoms with Crippen molar-refractivity contribution in [2.45, 2.75) is 12.4 Å². The van der Waals surface area contributed by atoms with Crippen LogP contribution in [0.4, 0.5) is 4.39 Å². The number of alkyl halides is 1. The quantitative estimate of drug-likeness (QED) is 0.800. The molecule has 0 amide bonds. The van der Waals surface area contributed by atoms with E-state index in [1.54, 1.807) is 6.07 Å². The van der Waals surface area contributed by atoms with E-state index in [9.17, 15) is 4.39 Å². The summed E-state index contributed by atoms with van der Waals surface area (Å²) in [6.45, 7) is 1.66. The number of hydrogen-bond acceptors (Lipinski definition) is 2. The van der Waals surface area contributed by atoms with E-state index < -0.39 is 0 Å². The van der Waals surface area contributed by atoms with Crippen molar-refractivity contribution in [2.75, 3.05) is 20.6 Å². The second-order valence-corrected chi connectivity index (χ2v) is 5.49. The summed E-state index contributed by atoms with van der Waals surface area (Å²) >= 11 is 9.10. The summed E-state index contributed by atoms with van der Waals surface area (Å²) in [4.78, 5) is 6.45. The Labute approximate surface area is 119 Å². The van der Waals surface area contributed by atoms with E-state index >= 15 is 0 Å². The monoisotopic (exact) mass is 333 g/mol. The predicted molar refractivity (Wildman–Crippen MR) is 75.5 cm³/mol. The number of aromatic nitrogens is 2. The normalized spacial score (nSPS) is 11.7. The molecule has 0 spiro atoms. The maximum Gasteiger partial charge on any atom is 0.139 e. The van der Waals surface area contributed by atoms with E-state index in [0.717, 1.165) is 24.4 Å². The third-order valence-corrected chi connectivity index (χ3v) is 3.61. The SMILES string of the molecule is CN(C)CCn1c(CCl)nc2cc(F)c(Br)cc21. The summed E-state index contributed by atoms with van der Waals surface area (Å²) in [5, 5.41) is 0. The summed E-state index contributed by atoms with van der Waals surface area (Å²) in [5.74, 6) is 0.786. The molecular weight excluding hydrogens is 321 g/mol. The van der Waals surface area contributed by atoms with Crippen LogP contribution < -0.4 is 0 Å². The summed E-state index contributed by atoms with van der Waals surface area (Å²) in [6.07, 6.45) is 0. The summed E-state index contributed by atoms with van der Waals surface area (Å²) in [6, 6.07) is 3.19. The molecule has 0 fully saturated rings. The van der Waals surface area contributed by atoms with Crippen LogP contribution >= 0.6 is 27.5 Å². The number of likely N-dealkylation sites (N-methyl/N-ethyl adjacent to an activating group) is 1. The van der Waals surface area contributed by atoms with Gasteiger partial charge in [-0.15, -0.1) is 11.6 Å². The fourth-order valence-corrected chi connectivity index (χ4v) is 2.36. The average molecular weight is 335 g/mol. The maximum atomic E-state index is 13.5. The van der Waals surface area contributed by atoms with Gasteiger partial charge in [0, 0.05) is 19.2 Å².